The van der Waals surface area contributed by atoms with Gasteiger partial charge in [0.05, 0.1) is 5.69 Å². The molecule has 24 heavy (non-hydrogen) atoms. The van der Waals surface area contributed by atoms with E-state index < -0.39 is 0 Å². The number of nitrogens with one attached hydrogen (secondary N) is 1. The molecule has 3 rings (SSSR count). The van der Waals surface area contributed by atoms with Crippen LogP contribution in [0.4, 0.5) is 11.5 Å². The molecule has 0 bridgehead atoms. The first-order chi connectivity index (χ1) is 11.5. The zero-order chi connectivity index (χ0) is 17.1. The number of benzene rings is 1. The number of aromatic nitrogens is 5. The highest BCUT2D eigenvalue weighted by atomic mass is 35.5. The Morgan fingerprint density at radius 3 is 2.58 bits per heavy atom. The van der Waals surface area contributed by atoms with Gasteiger partial charge >= 0.3 is 0 Å². The number of halogens is 1. The zero-order valence-corrected chi connectivity index (χ0v) is 13.8. The second-order valence-electron chi connectivity index (χ2n) is 5.19. The van der Waals surface area contributed by atoms with Gasteiger partial charge in [0.15, 0.2) is 0 Å². The van der Waals surface area contributed by atoms with E-state index in [-0.39, 0.29) is 11.1 Å². The second-order valence-corrected chi connectivity index (χ2v) is 5.57. The molecule has 3 aromatic rings. The fourth-order valence-electron chi connectivity index (χ4n) is 2.02. The molecule has 0 saturated carbocycles. The molecular formula is C15H14ClN7O. The van der Waals surface area contributed by atoms with Crippen LogP contribution in [0.3, 0.4) is 0 Å². The van der Waals surface area contributed by atoms with Gasteiger partial charge < -0.3 is 10.2 Å². The summed E-state index contributed by atoms with van der Waals surface area (Å²) in [6.07, 6.45) is 1.50. The van der Waals surface area contributed by atoms with Crippen LogP contribution in [0.2, 0.25) is 5.15 Å². The van der Waals surface area contributed by atoms with Crippen LogP contribution in [0.15, 0.2) is 42.7 Å². The van der Waals surface area contributed by atoms with E-state index in [2.05, 4.69) is 25.8 Å². The van der Waals surface area contributed by atoms with E-state index in [1.54, 1.807) is 35.2 Å². The Kier molecular flexibility index (Phi) is 4.39. The van der Waals surface area contributed by atoms with Crippen molar-refractivity contribution in [3.8, 4) is 5.69 Å². The first kappa shape index (κ1) is 15.9. The number of hydrogen-bond acceptors (Lipinski definition) is 6. The van der Waals surface area contributed by atoms with Crippen molar-refractivity contribution in [1.29, 1.82) is 0 Å². The number of amides is 1. The summed E-state index contributed by atoms with van der Waals surface area (Å²) in [5.74, 6) is 0.347. The summed E-state index contributed by atoms with van der Waals surface area (Å²) in [5.41, 5.74) is 1.87. The van der Waals surface area contributed by atoms with Crippen LogP contribution >= 0.6 is 11.6 Å². The first-order valence-corrected chi connectivity index (χ1v) is 7.40. The van der Waals surface area contributed by atoms with E-state index in [1.807, 2.05) is 14.1 Å². The van der Waals surface area contributed by atoms with Gasteiger partial charge in [-0.1, -0.05) is 11.6 Å². The third-order valence-corrected chi connectivity index (χ3v) is 3.43. The fourth-order valence-corrected chi connectivity index (χ4v) is 2.23. The highest BCUT2D eigenvalue weighted by Crippen LogP contribution is 2.18. The summed E-state index contributed by atoms with van der Waals surface area (Å²) in [6, 6.07) is 10.3. The molecule has 122 valence electrons. The van der Waals surface area contributed by atoms with Gasteiger partial charge in [-0.2, -0.15) is 0 Å². The van der Waals surface area contributed by atoms with Crippen LogP contribution in [-0.4, -0.2) is 45.2 Å². The topological polar surface area (TPSA) is 88.8 Å². The van der Waals surface area contributed by atoms with Crippen LogP contribution in [0.1, 0.15) is 10.4 Å². The maximum Gasteiger partial charge on any atom is 0.255 e. The fraction of sp³-hybridized carbons (Fsp3) is 0.133. The van der Waals surface area contributed by atoms with Gasteiger partial charge in [0.2, 0.25) is 0 Å². The molecule has 1 N–H and O–H groups in total. The van der Waals surface area contributed by atoms with Gasteiger partial charge in [0.1, 0.15) is 17.3 Å². The number of anilines is 2. The molecule has 0 aliphatic rings. The van der Waals surface area contributed by atoms with E-state index in [9.17, 15) is 4.79 Å². The quantitative estimate of drug-likeness (QED) is 0.729. The average Bonchev–Trinajstić information content (AvgIpc) is 3.09. The van der Waals surface area contributed by atoms with E-state index in [0.717, 1.165) is 5.69 Å². The molecule has 0 aliphatic heterocycles. The molecule has 2 aromatic heterocycles. The molecule has 1 aromatic carbocycles. The molecule has 0 unspecified atom stereocenters. The lowest BCUT2D eigenvalue weighted by Crippen LogP contribution is -2.15. The molecule has 0 aliphatic carbocycles. The molecule has 2 heterocycles. The second kappa shape index (κ2) is 6.63. The maximum absolute atomic E-state index is 12.4. The molecular weight excluding hydrogens is 330 g/mol. The number of hydrogen-bond donors (Lipinski definition) is 1. The van der Waals surface area contributed by atoms with Gasteiger partial charge in [-0.25, -0.2) is 9.67 Å². The SMILES string of the molecule is CN(C)c1cc(C(=O)Nc2ccc(-n3cnnn3)cc2)cc(Cl)n1. The van der Waals surface area contributed by atoms with Crippen LogP contribution in [0, 0.1) is 0 Å². The minimum atomic E-state index is -0.266. The molecule has 1 amide bonds. The van der Waals surface area contributed by atoms with Crippen molar-refractivity contribution in [1.82, 2.24) is 25.2 Å². The summed E-state index contributed by atoms with van der Waals surface area (Å²) in [7, 11) is 3.66. The zero-order valence-electron chi connectivity index (χ0n) is 13.0. The summed E-state index contributed by atoms with van der Waals surface area (Å²) in [4.78, 5) is 18.3. The molecule has 0 atom stereocenters. The number of pyridine rings is 1. The van der Waals surface area contributed by atoms with Crippen LogP contribution in [0.25, 0.3) is 5.69 Å². The minimum absolute atomic E-state index is 0.264. The van der Waals surface area contributed by atoms with Crippen LogP contribution < -0.4 is 10.2 Å². The maximum atomic E-state index is 12.4. The normalized spacial score (nSPS) is 10.5. The Labute approximate surface area is 143 Å². The lowest BCUT2D eigenvalue weighted by atomic mass is 10.2. The van der Waals surface area contributed by atoms with Crippen molar-refractivity contribution < 1.29 is 4.79 Å². The Morgan fingerprint density at radius 2 is 1.96 bits per heavy atom. The van der Waals surface area contributed by atoms with Gasteiger partial charge in [-0.15, -0.1) is 5.10 Å². The Balaban J connectivity index is 1.77. The van der Waals surface area contributed by atoms with Gasteiger partial charge in [-0.05, 0) is 46.8 Å². The lowest BCUT2D eigenvalue weighted by Gasteiger charge is -2.13. The van der Waals surface area contributed by atoms with Crippen molar-refractivity contribution in [3.63, 3.8) is 0 Å². The highest BCUT2D eigenvalue weighted by Gasteiger charge is 2.11. The Bertz CT molecular complexity index is 847. The van der Waals surface area contributed by atoms with Gasteiger partial charge in [-0.3, -0.25) is 4.79 Å². The summed E-state index contributed by atoms with van der Waals surface area (Å²) in [5, 5.41) is 14.0. The number of carbonyl (C=O) groups excluding carboxylic acids is 1. The van der Waals surface area contributed by atoms with E-state index in [1.165, 1.54) is 17.1 Å². The Hall–Kier alpha value is -3.00. The average molecular weight is 344 g/mol. The summed E-state index contributed by atoms with van der Waals surface area (Å²) < 4.78 is 1.53. The lowest BCUT2D eigenvalue weighted by molar-refractivity contribution is 0.102. The number of tetrazole rings is 1. The predicted molar refractivity (Wildman–Crippen MR) is 90.7 cm³/mol. The standard InChI is InChI=1S/C15H14ClN7O/c1-22(2)14-8-10(7-13(16)19-14)15(24)18-11-3-5-12(6-4-11)23-9-17-20-21-23/h3-9H,1-2H3,(H,18,24). The van der Waals surface area contributed by atoms with Crippen molar-refractivity contribution >= 4 is 29.0 Å². The van der Waals surface area contributed by atoms with Crippen molar-refractivity contribution in [3.05, 3.63) is 53.4 Å². The van der Waals surface area contributed by atoms with E-state index in [0.29, 0.717) is 17.1 Å². The van der Waals surface area contributed by atoms with Crippen LogP contribution in [-0.2, 0) is 0 Å². The van der Waals surface area contributed by atoms with Crippen molar-refractivity contribution in [2.75, 3.05) is 24.3 Å². The molecule has 0 spiro atoms. The smallest absolute Gasteiger partial charge is 0.255 e. The summed E-state index contributed by atoms with van der Waals surface area (Å²) in [6.45, 7) is 0. The van der Waals surface area contributed by atoms with E-state index >= 15 is 0 Å². The van der Waals surface area contributed by atoms with Crippen LogP contribution in [0.5, 0.6) is 0 Å². The molecule has 0 fully saturated rings. The number of rotatable bonds is 4. The number of carbonyl (C=O) groups is 1. The third kappa shape index (κ3) is 3.49. The molecule has 8 nitrogen and oxygen atoms in total. The van der Waals surface area contributed by atoms with Gasteiger partial charge in [0.25, 0.3) is 5.91 Å². The monoisotopic (exact) mass is 343 g/mol. The summed E-state index contributed by atoms with van der Waals surface area (Å²) >= 11 is 5.98. The largest absolute Gasteiger partial charge is 0.363 e. The predicted octanol–water partition coefficient (Wildman–Crippen LogP) is 2.03. The first-order valence-electron chi connectivity index (χ1n) is 7.02. The minimum Gasteiger partial charge on any atom is -0.363 e. The van der Waals surface area contributed by atoms with E-state index in [4.69, 9.17) is 11.6 Å². The highest BCUT2D eigenvalue weighted by molar-refractivity contribution is 6.30. The van der Waals surface area contributed by atoms with Gasteiger partial charge in [0, 0.05) is 25.3 Å². The van der Waals surface area contributed by atoms with Crippen molar-refractivity contribution in [2.24, 2.45) is 0 Å². The third-order valence-electron chi connectivity index (χ3n) is 3.24. The molecule has 0 saturated heterocycles. The Morgan fingerprint density at radius 1 is 1.21 bits per heavy atom. The number of nitrogens with zero attached hydrogens (tertiary/aromatic N) is 6. The molecule has 9 heteroatoms. The van der Waals surface area contributed by atoms with Crippen molar-refractivity contribution in [2.45, 2.75) is 0 Å². The molecule has 0 radical (unpaired) electrons.